The fourth-order valence-corrected chi connectivity index (χ4v) is 1.77. The topological polar surface area (TPSA) is 0 Å². The van der Waals surface area contributed by atoms with Crippen molar-refractivity contribution in [3.8, 4) is 0 Å². The van der Waals surface area contributed by atoms with E-state index in [1.54, 1.807) is 0 Å². The van der Waals surface area contributed by atoms with Gasteiger partial charge in [-0.15, -0.1) is 0 Å². The van der Waals surface area contributed by atoms with Crippen LogP contribution >= 0.6 is 0 Å². The van der Waals surface area contributed by atoms with Gasteiger partial charge in [0.15, 0.2) is 0 Å². The summed E-state index contributed by atoms with van der Waals surface area (Å²) in [6.45, 7) is 5.90. The molecule has 0 N–H and O–H groups in total. The molecule has 0 aromatic heterocycles. The van der Waals surface area contributed by atoms with Gasteiger partial charge in [-0.2, -0.15) is 0 Å². The minimum atomic E-state index is 0.988. The van der Waals surface area contributed by atoms with E-state index in [1.807, 2.05) is 6.08 Å². The van der Waals surface area contributed by atoms with Crippen LogP contribution in [0.25, 0.3) is 6.08 Å². The Morgan fingerprint density at radius 1 is 1.00 bits per heavy atom. The fraction of sp³-hybridized carbons (Fsp3) is 0.125. The van der Waals surface area contributed by atoms with Crippen LogP contribution in [-0.2, 0) is 6.42 Å². The molecule has 0 aliphatic heterocycles. The zero-order valence-corrected chi connectivity index (χ0v) is 9.61. The summed E-state index contributed by atoms with van der Waals surface area (Å²) in [7, 11) is 0. The molecule has 0 saturated heterocycles. The Hall–Kier alpha value is -1.82. The van der Waals surface area contributed by atoms with Crippen LogP contribution in [0.5, 0.6) is 0 Å². The maximum Gasteiger partial charge on any atom is -0.00256 e. The van der Waals surface area contributed by atoms with Crippen molar-refractivity contribution in [1.29, 1.82) is 0 Å². The first kappa shape index (κ1) is 10.7. The highest BCUT2D eigenvalue weighted by Gasteiger charge is 1.96. The van der Waals surface area contributed by atoms with Gasteiger partial charge in [0.1, 0.15) is 0 Å². The van der Waals surface area contributed by atoms with Crippen molar-refractivity contribution in [2.45, 2.75) is 13.3 Å². The molecule has 0 radical (unpaired) electrons. The Bertz CT molecular complexity index is 478. The largest absolute Gasteiger partial charge is 0.0985 e. The molecular formula is C16H16. The molecule has 0 heterocycles. The van der Waals surface area contributed by atoms with Crippen LogP contribution in [0, 0.1) is 6.92 Å². The molecule has 2 aromatic rings. The normalized spacial score (nSPS) is 10.1. The van der Waals surface area contributed by atoms with Gasteiger partial charge < -0.3 is 0 Å². The molecule has 0 bridgehead atoms. The average Bonchev–Trinajstić information content (AvgIpc) is 2.32. The third-order valence-corrected chi connectivity index (χ3v) is 2.72. The number of rotatable bonds is 3. The summed E-state index contributed by atoms with van der Waals surface area (Å²) in [4.78, 5) is 0. The van der Waals surface area contributed by atoms with Gasteiger partial charge in [-0.1, -0.05) is 66.7 Å². The maximum absolute atomic E-state index is 3.79. The van der Waals surface area contributed by atoms with E-state index in [9.17, 15) is 0 Å². The van der Waals surface area contributed by atoms with E-state index >= 15 is 0 Å². The van der Waals surface area contributed by atoms with Crippen LogP contribution in [0.1, 0.15) is 22.3 Å². The number of hydrogen-bond donors (Lipinski definition) is 0. The van der Waals surface area contributed by atoms with E-state index in [1.165, 1.54) is 22.3 Å². The summed E-state index contributed by atoms with van der Waals surface area (Å²) in [6, 6.07) is 17.2. The number of hydrogen-bond acceptors (Lipinski definition) is 0. The third-order valence-electron chi connectivity index (χ3n) is 2.72. The second-order valence-corrected chi connectivity index (χ2v) is 4.11. The lowest BCUT2D eigenvalue weighted by Crippen LogP contribution is -1.88. The Morgan fingerprint density at radius 2 is 1.75 bits per heavy atom. The molecule has 2 rings (SSSR count). The summed E-state index contributed by atoms with van der Waals surface area (Å²) in [5.41, 5.74) is 5.18. The van der Waals surface area contributed by atoms with Crippen molar-refractivity contribution >= 4 is 6.08 Å². The van der Waals surface area contributed by atoms with E-state index in [0.717, 1.165) is 6.42 Å². The average molecular weight is 208 g/mol. The molecular weight excluding hydrogens is 192 g/mol. The maximum atomic E-state index is 3.79. The quantitative estimate of drug-likeness (QED) is 0.708. The molecule has 0 saturated carbocycles. The van der Waals surface area contributed by atoms with Crippen molar-refractivity contribution in [3.63, 3.8) is 0 Å². The van der Waals surface area contributed by atoms with Crippen LogP contribution in [0.2, 0.25) is 0 Å². The van der Waals surface area contributed by atoms with E-state index in [4.69, 9.17) is 0 Å². The first-order valence-electron chi connectivity index (χ1n) is 5.55. The molecule has 0 amide bonds. The molecule has 0 aliphatic carbocycles. The SMILES string of the molecule is C=Cc1cccc(Cc2ccc(C)cc2)c1. The summed E-state index contributed by atoms with van der Waals surface area (Å²) >= 11 is 0. The minimum Gasteiger partial charge on any atom is -0.0985 e. The van der Waals surface area contributed by atoms with E-state index < -0.39 is 0 Å². The second kappa shape index (κ2) is 4.80. The monoisotopic (exact) mass is 208 g/mol. The van der Waals surface area contributed by atoms with Gasteiger partial charge in [-0.05, 0) is 30.0 Å². The Labute approximate surface area is 97.3 Å². The zero-order chi connectivity index (χ0) is 11.4. The first-order valence-corrected chi connectivity index (χ1v) is 5.55. The molecule has 2 aromatic carbocycles. The highest BCUT2D eigenvalue weighted by atomic mass is 14.0. The molecule has 16 heavy (non-hydrogen) atoms. The summed E-state index contributed by atoms with van der Waals surface area (Å²) in [5, 5.41) is 0. The molecule has 0 fully saturated rings. The van der Waals surface area contributed by atoms with Crippen molar-refractivity contribution in [2.24, 2.45) is 0 Å². The van der Waals surface area contributed by atoms with Gasteiger partial charge in [-0.3, -0.25) is 0 Å². The van der Waals surface area contributed by atoms with Crippen molar-refractivity contribution < 1.29 is 0 Å². The fourth-order valence-electron chi connectivity index (χ4n) is 1.77. The van der Waals surface area contributed by atoms with Gasteiger partial charge in [0.05, 0.1) is 0 Å². The minimum absolute atomic E-state index is 0.988. The first-order chi connectivity index (χ1) is 7.78. The summed E-state index contributed by atoms with van der Waals surface area (Å²) < 4.78 is 0. The molecule has 0 nitrogen and oxygen atoms in total. The predicted octanol–water partition coefficient (Wildman–Crippen LogP) is 4.23. The molecule has 0 aliphatic rings. The summed E-state index contributed by atoms with van der Waals surface area (Å²) in [6.07, 6.45) is 2.88. The molecule has 0 heteroatoms. The van der Waals surface area contributed by atoms with Gasteiger partial charge in [0, 0.05) is 0 Å². The van der Waals surface area contributed by atoms with Gasteiger partial charge >= 0.3 is 0 Å². The molecule has 0 unspecified atom stereocenters. The highest BCUT2D eigenvalue weighted by Crippen LogP contribution is 2.12. The second-order valence-electron chi connectivity index (χ2n) is 4.11. The molecule has 0 spiro atoms. The van der Waals surface area contributed by atoms with Gasteiger partial charge in [0.25, 0.3) is 0 Å². The lowest BCUT2D eigenvalue weighted by molar-refractivity contribution is 1.18. The van der Waals surface area contributed by atoms with E-state index in [0.29, 0.717) is 0 Å². The number of benzene rings is 2. The van der Waals surface area contributed by atoms with E-state index in [-0.39, 0.29) is 0 Å². The van der Waals surface area contributed by atoms with Crippen LogP contribution < -0.4 is 0 Å². The van der Waals surface area contributed by atoms with Gasteiger partial charge in [0.2, 0.25) is 0 Å². The van der Waals surface area contributed by atoms with Crippen molar-refractivity contribution in [1.82, 2.24) is 0 Å². The third kappa shape index (κ3) is 2.60. The Morgan fingerprint density at radius 3 is 2.44 bits per heavy atom. The lowest BCUT2D eigenvalue weighted by atomic mass is 10.0. The molecule has 80 valence electrons. The highest BCUT2D eigenvalue weighted by molar-refractivity contribution is 5.48. The van der Waals surface area contributed by atoms with Crippen LogP contribution in [-0.4, -0.2) is 0 Å². The van der Waals surface area contributed by atoms with Crippen LogP contribution in [0.3, 0.4) is 0 Å². The van der Waals surface area contributed by atoms with Gasteiger partial charge in [-0.25, -0.2) is 0 Å². The van der Waals surface area contributed by atoms with Crippen molar-refractivity contribution in [2.75, 3.05) is 0 Å². The smallest absolute Gasteiger partial charge is 0.00256 e. The standard InChI is InChI=1S/C16H16/c1-3-14-5-4-6-16(11-14)12-15-9-7-13(2)8-10-15/h3-11H,1,12H2,2H3. The van der Waals surface area contributed by atoms with E-state index in [2.05, 4.69) is 62.0 Å². The summed E-state index contributed by atoms with van der Waals surface area (Å²) in [5.74, 6) is 0. The van der Waals surface area contributed by atoms with Crippen LogP contribution in [0.4, 0.5) is 0 Å². The lowest BCUT2D eigenvalue weighted by Gasteiger charge is -2.03. The van der Waals surface area contributed by atoms with Crippen molar-refractivity contribution in [3.05, 3.63) is 77.4 Å². The zero-order valence-electron chi connectivity index (χ0n) is 9.61. The predicted molar refractivity (Wildman–Crippen MR) is 70.5 cm³/mol. The number of aryl methyl sites for hydroxylation is 1. The Kier molecular flexibility index (Phi) is 3.21. The Balaban J connectivity index is 2.20. The van der Waals surface area contributed by atoms with Crippen LogP contribution in [0.15, 0.2) is 55.1 Å². The molecule has 0 atom stereocenters.